The fourth-order valence-electron chi connectivity index (χ4n) is 10.5. The second-order valence-electron chi connectivity index (χ2n) is 17.8. The van der Waals surface area contributed by atoms with E-state index in [-0.39, 0.29) is 10.8 Å². The molecule has 0 spiro atoms. The first kappa shape index (κ1) is 35.6. The zero-order valence-electron chi connectivity index (χ0n) is 34.7. The normalized spacial score (nSPS) is 14.2. The lowest BCUT2D eigenvalue weighted by Crippen LogP contribution is -2.15. The number of fused-ring (bicyclic) bond motifs is 9. The van der Waals surface area contributed by atoms with Gasteiger partial charge >= 0.3 is 0 Å². The molecule has 10 aromatic rings. The minimum atomic E-state index is -0.128. The highest BCUT2D eigenvalue weighted by atomic mass is 15.0. The van der Waals surface area contributed by atoms with E-state index in [2.05, 4.69) is 214 Å². The smallest absolute Gasteiger partial charge is 0.160 e. The number of hydrogen-bond acceptors (Lipinski definition) is 2. The molecule has 3 nitrogen and oxygen atoms in total. The number of benzene rings is 8. The first-order chi connectivity index (χ1) is 29.7. The predicted molar refractivity (Wildman–Crippen MR) is 253 cm³/mol. The van der Waals surface area contributed by atoms with Crippen molar-refractivity contribution in [3.63, 3.8) is 0 Å². The Kier molecular flexibility index (Phi) is 7.62. The molecule has 0 saturated heterocycles. The number of para-hydroxylation sites is 2. The summed E-state index contributed by atoms with van der Waals surface area (Å²) in [6.07, 6.45) is 0. The van der Waals surface area contributed by atoms with E-state index in [0.717, 1.165) is 39.3 Å². The van der Waals surface area contributed by atoms with Gasteiger partial charge in [-0.15, -0.1) is 0 Å². The van der Waals surface area contributed by atoms with Crippen LogP contribution in [0.15, 0.2) is 188 Å². The van der Waals surface area contributed by atoms with Crippen molar-refractivity contribution in [2.45, 2.75) is 38.5 Å². The number of nitrogens with zero attached hydrogens (tertiary/aromatic N) is 3. The van der Waals surface area contributed by atoms with E-state index in [1.54, 1.807) is 0 Å². The standard InChI is InChI=1S/C58H43N3/c1-57(2)48-22-12-8-18-42(48)44-28-26-37(33-50(44)57)39-30-40(32-41(31-39)61-54-24-14-10-20-46(54)47-21-11-15-25-55(47)61)53-35-52(59-56(60-53)36-16-6-5-7-17-36)38-27-29-45-43-19-9-13-23-49(43)58(3,4)51(45)34-38/h5-35H,1-4H3. The van der Waals surface area contributed by atoms with E-state index >= 15 is 0 Å². The summed E-state index contributed by atoms with van der Waals surface area (Å²) in [6, 6.07) is 68.7. The summed E-state index contributed by atoms with van der Waals surface area (Å²) < 4.78 is 2.42. The third-order valence-electron chi connectivity index (χ3n) is 13.6. The number of rotatable bonds is 5. The van der Waals surface area contributed by atoms with Gasteiger partial charge in [0.15, 0.2) is 5.82 Å². The van der Waals surface area contributed by atoms with Gasteiger partial charge in [-0.2, -0.15) is 0 Å². The third-order valence-corrected chi connectivity index (χ3v) is 13.6. The third kappa shape index (κ3) is 5.36. The molecule has 3 heteroatoms. The molecule has 290 valence electrons. The highest BCUT2D eigenvalue weighted by Crippen LogP contribution is 2.51. The summed E-state index contributed by atoms with van der Waals surface area (Å²) in [6.45, 7) is 9.38. The second-order valence-corrected chi connectivity index (χ2v) is 17.8. The zero-order chi connectivity index (χ0) is 41.0. The average molecular weight is 782 g/mol. The van der Waals surface area contributed by atoms with E-state index in [1.165, 1.54) is 71.9 Å². The molecule has 0 atom stereocenters. The Balaban J connectivity index is 1.10. The molecule has 8 aromatic carbocycles. The summed E-state index contributed by atoms with van der Waals surface area (Å²) >= 11 is 0. The highest BCUT2D eigenvalue weighted by Gasteiger charge is 2.36. The van der Waals surface area contributed by atoms with Crippen LogP contribution in [0.3, 0.4) is 0 Å². The van der Waals surface area contributed by atoms with Crippen molar-refractivity contribution in [2.24, 2.45) is 0 Å². The minimum Gasteiger partial charge on any atom is -0.309 e. The van der Waals surface area contributed by atoms with E-state index in [1.807, 2.05) is 6.07 Å². The van der Waals surface area contributed by atoms with Crippen LogP contribution in [0.5, 0.6) is 0 Å². The van der Waals surface area contributed by atoms with Gasteiger partial charge in [-0.3, -0.25) is 0 Å². The quantitative estimate of drug-likeness (QED) is 0.174. The molecular formula is C58H43N3. The Morgan fingerprint density at radius 1 is 0.344 bits per heavy atom. The van der Waals surface area contributed by atoms with Crippen molar-refractivity contribution in [3.8, 4) is 73.0 Å². The molecule has 0 bridgehead atoms. The SMILES string of the molecule is CC1(C)c2ccccc2-c2ccc(-c3cc(-c4cc(-c5ccc6c(c5)C(C)(C)c5ccccc5-6)nc(-c5ccccc5)n4)cc(-n4c5ccccc5c5ccccc54)c3)cc21. The van der Waals surface area contributed by atoms with Gasteiger partial charge in [-0.05, 0) is 104 Å². The molecular weight excluding hydrogens is 739 g/mol. The Labute approximate surface area is 356 Å². The van der Waals surface area contributed by atoms with Gasteiger partial charge < -0.3 is 4.57 Å². The molecule has 0 saturated carbocycles. The predicted octanol–water partition coefficient (Wildman–Crippen LogP) is 14.9. The molecule has 2 aromatic heterocycles. The maximum atomic E-state index is 5.40. The average Bonchev–Trinajstić information content (AvgIpc) is 3.85. The van der Waals surface area contributed by atoms with Crippen molar-refractivity contribution in [1.29, 1.82) is 0 Å². The summed E-state index contributed by atoms with van der Waals surface area (Å²) in [7, 11) is 0. The van der Waals surface area contributed by atoms with Crippen LogP contribution in [-0.2, 0) is 10.8 Å². The summed E-state index contributed by atoms with van der Waals surface area (Å²) in [4.78, 5) is 10.7. The summed E-state index contributed by atoms with van der Waals surface area (Å²) in [5.41, 5.74) is 21.1. The summed E-state index contributed by atoms with van der Waals surface area (Å²) in [5.74, 6) is 0.706. The van der Waals surface area contributed by atoms with Crippen LogP contribution in [0.1, 0.15) is 49.9 Å². The molecule has 2 aliphatic rings. The molecule has 2 aliphatic carbocycles. The lowest BCUT2D eigenvalue weighted by Gasteiger charge is -2.22. The van der Waals surface area contributed by atoms with E-state index in [0.29, 0.717) is 5.82 Å². The lowest BCUT2D eigenvalue weighted by atomic mass is 9.81. The maximum absolute atomic E-state index is 5.40. The molecule has 0 amide bonds. The lowest BCUT2D eigenvalue weighted by molar-refractivity contribution is 0.660. The fourth-order valence-corrected chi connectivity index (χ4v) is 10.5. The van der Waals surface area contributed by atoms with Crippen LogP contribution in [0.2, 0.25) is 0 Å². The van der Waals surface area contributed by atoms with Gasteiger partial charge in [0.2, 0.25) is 0 Å². The van der Waals surface area contributed by atoms with Crippen LogP contribution in [0.25, 0.3) is 94.8 Å². The minimum absolute atomic E-state index is 0.118. The molecule has 0 N–H and O–H groups in total. The molecule has 0 radical (unpaired) electrons. The van der Waals surface area contributed by atoms with Crippen LogP contribution < -0.4 is 0 Å². The Bertz CT molecular complexity index is 3370. The highest BCUT2D eigenvalue weighted by molar-refractivity contribution is 6.09. The van der Waals surface area contributed by atoms with Crippen LogP contribution in [-0.4, -0.2) is 14.5 Å². The largest absolute Gasteiger partial charge is 0.309 e. The van der Waals surface area contributed by atoms with E-state index in [9.17, 15) is 0 Å². The van der Waals surface area contributed by atoms with Crippen LogP contribution >= 0.6 is 0 Å². The first-order valence-corrected chi connectivity index (χ1v) is 21.3. The Morgan fingerprint density at radius 2 is 0.820 bits per heavy atom. The molecule has 0 unspecified atom stereocenters. The van der Waals surface area contributed by atoms with Gasteiger partial charge in [-0.25, -0.2) is 9.97 Å². The monoisotopic (exact) mass is 781 g/mol. The molecule has 61 heavy (non-hydrogen) atoms. The fraction of sp³-hybridized carbons (Fsp3) is 0.103. The van der Waals surface area contributed by atoms with Gasteiger partial charge in [0.1, 0.15) is 0 Å². The van der Waals surface area contributed by atoms with Crippen molar-refractivity contribution in [1.82, 2.24) is 14.5 Å². The Morgan fingerprint density at radius 3 is 1.44 bits per heavy atom. The zero-order valence-corrected chi connectivity index (χ0v) is 34.7. The van der Waals surface area contributed by atoms with E-state index < -0.39 is 0 Å². The molecule has 12 rings (SSSR count). The molecule has 2 heterocycles. The van der Waals surface area contributed by atoms with Crippen LogP contribution in [0, 0.1) is 0 Å². The maximum Gasteiger partial charge on any atom is 0.160 e. The van der Waals surface area contributed by atoms with Gasteiger partial charge in [0.25, 0.3) is 0 Å². The molecule has 0 aliphatic heterocycles. The van der Waals surface area contributed by atoms with Crippen molar-refractivity contribution in [2.75, 3.05) is 0 Å². The Hall–Kier alpha value is -7.36. The molecule has 0 fully saturated rings. The number of aromatic nitrogens is 3. The van der Waals surface area contributed by atoms with Crippen molar-refractivity contribution >= 4 is 21.8 Å². The summed E-state index contributed by atoms with van der Waals surface area (Å²) in [5, 5.41) is 2.47. The van der Waals surface area contributed by atoms with E-state index in [4.69, 9.17) is 9.97 Å². The van der Waals surface area contributed by atoms with Crippen molar-refractivity contribution < 1.29 is 0 Å². The van der Waals surface area contributed by atoms with Gasteiger partial charge in [0, 0.05) is 44.0 Å². The second kappa shape index (κ2) is 13.1. The van der Waals surface area contributed by atoms with Crippen molar-refractivity contribution in [3.05, 3.63) is 210 Å². The van der Waals surface area contributed by atoms with Crippen LogP contribution in [0.4, 0.5) is 0 Å². The van der Waals surface area contributed by atoms with Gasteiger partial charge in [0.05, 0.1) is 22.4 Å². The first-order valence-electron chi connectivity index (χ1n) is 21.3. The topological polar surface area (TPSA) is 30.7 Å². The van der Waals surface area contributed by atoms with Gasteiger partial charge in [-0.1, -0.05) is 167 Å². The number of hydrogen-bond donors (Lipinski definition) is 0.